The van der Waals surface area contributed by atoms with Crippen molar-refractivity contribution in [3.63, 3.8) is 0 Å². The predicted molar refractivity (Wildman–Crippen MR) is 82.4 cm³/mol. The quantitative estimate of drug-likeness (QED) is 0.708. The number of hydrogen-bond donors (Lipinski definition) is 3. The first-order chi connectivity index (χ1) is 9.81. The fourth-order valence-corrected chi connectivity index (χ4v) is 2.60. The predicted octanol–water partition coefficient (Wildman–Crippen LogP) is -0.0320. The highest BCUT2D eigenvalue weighted by Crippen LogP contribution is 2.27. The molecule has 1 saturated carbocycles. The molecule has 1 aliphatic rings. The third-order valence-corrected chi connectivity index (χ3v) is 3.91. The average Bonchev–Trinajstić information content (AvgIpc) is 2.38. The van der Waals surface area contributed by atoms with Crippen molar-refractivity contribution in [3.05, 3.63) is 20.8 Å². The largest absolute Gasteiger partial charge is 0.393 e. The maximum absolute atomic E-state index is 12.2. The molecule has 21 heavy (non-hydrogen) atoms. The molecule has 1 aromatic rings. The number of aliphatic hydroxyl groups excluding tert-OH is 1. The molecule has 0 unspecified atom stereocenters. The topological polar surface area (TPSA) is 102 Å². The lowest BCUT2D eigenvalue weighted by atomic mass is 9.82. The van der Waals surface area contributed by atoms with E-state index in [1.54, 1.807) is 0 Å². The molecule has 1 aliphatic carbocycles. The lowest BCUT2D eigenvalue weighted by molar-refractivity contribution is 0.0487. The van der Waals surface area contributed by atoms with Crippen LogP contribution >= 0.6 is 0 Å². The van der Waals surface area contributed by atoms with E-state index in [1.807, 2.05) is 13.8 Å². The van der Waals surface area contributed by atoms with E-state index in [0.717, 1.165) is 17.4 Å². The number of hydrogen-bond acceptors (Lipinski definition) is 5. The minimum Gasteiger partial charge on any atom is -0.393 e. The Hall–Kier alpha value is -1.76. The van der Waals surface area contributed by atoms with Gasteiger partial charge in [0.25, 0.3) is 5.56 Å². The van der Waals surface area contributed by atoms with Crippen molar-refractivity contribution < 1.29 is 5.11 Å². The first-order valence-corrected chi connectivity index (χ1v) is 7.32. The first kappa shape index (κ1) is 15.6. The van der Waals surface area contributed by atoms with Crippen molar-refractivity contribution in [1.29, 1.82) is 0 Å². The van der Waals surface area contributed by atoms with E-state index < -0.39 is 11.2 Å². The molecule has 0 aliphatic heterocycles. The van der Waals surface area contributed by atoms with E-state index in [4.69, 9.17) is 5.73 Å². The molecule has 1 fully saturated rings. The maximum Gasteiger partial charge on any atom is 0.332 e. The first-order valence-electron chi connectivity index (χ1n) is 7.32. The van der Waals surface area contributed by atoms with Crippen LogP contribution in [0.5, 0.6) is 0 Å². The Morgan fingerprint density at radius 2 is 2.00 bits per heavy atom. The van der Waals surface area contributed by atoms with Gasteiger partial charge in [0.05, 0.1) is 6.10 Å². The Morgan fingerprint density at radius 3 is 2.52 bits per heavy atom. The Bertz CT molecular complexity index is 626. The van der Waals surface area contributed by atoms with Crippen LogP contribution in [-0.2, 0) is 13.6 Å². The summed E-state index contributed by atoms with van der Waals surface area (Å²) in [4.78, 5) is 24.3. The van der Waals surface area contributed by atoms with Gasteiger partial charge in [0.15, 0.2) is 0 Å². The van der Waals surface area contributed by atoms with Crippen LogP contribution in [0.25, 0.3) is 0 Å². The number of nitrogens with zero attached hydrogens (tertiary/aromatic N) is 2. The highest BCUT2D eigenvalue weighted by atomic mass is 16.3. The third kappa shape index (κ3) is 3.12. The Balaban J connectivity index is 2.29. The number of anilines is 2. The minimum absolute atomic E-state index is 0.191. The second kappa shape index (κ2) is 5.93. The van der Waals surface area contributed by atoms with Gasteiger partial charge in [-0.3, -0.25) is 13.9 Å². The number of aromatic nitrogens is 2. The lowest BCUT2D eigenvalue weighted by Gasteiger charge is -2.31. The Kier molecular flexibility index (Phi) is 4.41. The minimum atomic E-state index is -0.405. The zero-order chi connectivity index (χ0) is 15.7. The summed E-state index contributed by atoms with van der Waals surface area (Å²) in [6.07, 6.45) is 1.24. The zero-order valence-corrected chi connectivity index (χ0v) is 12.8. The average molecular weight is 296 g/mol. The van der Waals surface area contributed by atoms with Crippen LogP contribution in [0.1, 0.15) is 26.7 Å². The maximum atomic E-state index is 12.2. The smallest absolute Gasteiger partial charge is 0.332 e. The number of nitrogen functional groups attached to an aromatic ring is 1. The van der Waals surface area contributed by atoms with Crippen LogP contribution in [0.4, 0.5) is 11.5 Å². The Labute approximate surface area is 123 Å². The molecule has 0 spiro atoms. The van der Waals surface area contributed by atoms with Gasteiger partial charge in [-0.15, -0.1) is 0 Å². The molecule has 1 aromatic heterocycles. The van der Waals surface area contributed by atoms with Gasteiger partial charge in [-0.05, 0) is 24.7 Å². The molecule has 7 nitrogen and oxygen atoms in total. The van der Waals surface area contributed by atoms with E-state index in [0.29, 0.717) is 19.0 Å². The molecule has 4 N–H and O–H groups in total. The van der Waals surface area contributed by atoms with Gasteiger partial charge < -0.3 is 16.2 Å². The molecule has 0 amide bonds. The molecule has 0 bridgehead atoms. The normalized spacial score (nSPS) is 21.4. The highest BCUT2D eigenvalue weighted by molar-refractivity contribution is 5.60. The molecule has 0 aromatic carbocycles. The van der Waals surface area contributed by atoms with Crippen LogP contribution < -0.4 is 22.3 Å². The van der Waals surface area contributed by atoms with Gasteiger partial charge in [-0.2, -0.15) is 0 Å². The monoisotopic (exact) mass is 296 g/mol. The summed E-state index contributed by atoms with van der Waals surface area (Å²) in [5.41, 5.74) is 5.49. The van der Waals surface area contributed by atoms with Gasteiger partial charge in [0, 0.05) is 20.1 Å². The summed E-state index contributed by atoms with van der Waals surface area (Å²) in [7, 11) is 1.46. The third-order valence-electron chi connectivity index (χ3n) is 3.91. The molecule has 0 radical (unpaired) electrons. The summed E-state index contributed by atoms with van der Waals surface area (Å²) in [6.45, 7) is 5.02. The number of nitrogens with two attached hydrogens (primary N) is 1. The van der Waals surface area contributed by atoms with Crippen LogP contribution in [-0.4, -0.2) is 26.9 Å². The molecular weight excluding hydrogens is 272 g/mol. The van der Waals surface area contributed by atoms with Crippen LogP contribution in [0, 0.1) is 11.8 Å². The van der Waals surface area contributed by atoms with Crippen LogP contribution in [0.3, 0.4) is 0 Å². The molecule has 0 saturated heterocycles. The number of aliphatic hydroxyl groups is 1. The summed E-state index contributed by atoms with van der Waals surface area (Å²) in [5.74, 6) is 0.781. The molecule has 1 heterocycles. The van der Waals surface area contributed by atoms with Crippen molar-refractivity contribution in [3.8, 4) is 0 Å². The SMILES string of the molecule is CC(C)Cn1c(N)c(NCC2CC(O)C2)c(=O)n(C)c1=O. The fourth-order valence-electron chi connectivity index (χ4n) is 2.60. The van der Waals surface area contributed by atoms with Crippen LogP contribution in [0.2, 0.25) is 0 Å². The van der Waals surface area contributed by atoms with E-state index >= 15 is 0 Å². The van der Waals surface area contributed by atoms with Crippen molar-refractivity contribution in [2.75, 3.05) is 17.6 Å². The number of rotatable bonds is 5. The summed E-state index contributed by atoms with van der Waals surface area (Å²) >= 11 is 0. The van der Waals surface area contributed by atoms with Crippen molar-refractivity contribution in [2.24, 2.45) is 18.9 Å². The summed E-state index contributed by atoms with van der Waals surface area (Å²) < 4.78 is 2.51. The standard InChI is InChI=1S/C14H24N4O3/c1-8(2)7-18-12(15)11(13(20)17(3)14(18)21)16-6-9-4-10(19)5-9/h8-10,16,19H,4-7,15H2,1-3H3. The molecular formula is C14H24N4O3. The molecule has 0 atom stereocenters. The van der Waals surface area contributed by atoms with Gasteiger partial charge in [0.1, 0.15) is 11.5 Å². The van der Waals surface area contributed by atoms with E-state index in [-0.39, 0.29) is 23.5 Å². The van der Waals surface area contributed by atoms with Gasteiger partial charge in [-0.1, -0.05) is 13.8 Å². The van der Waals surface area contributed by atoms with Crippen molar-refractivity contribution in [1.82, 2.24) is 9.13 Å². The lowest BCUT2D eigenvalue weighted by Crippen LogP contribution is -2.42. The van der Waals surface area contributed by atoms with Crippen molar-refractivity contribution >= 4 is 11.5 Å². The zero-order valence-electron chi connectivity index (χ0n) is 12.8. The highest BCUT2D eigenvalue weighted by Gasteiger charge is 2.27. The van der Waals surface area contributed by atoms with Crippen LogP contribution in [0.15, 0.2) is 9.59 Å². The fraction of sp³-hybridized carbons (Fsp3) is 0.714. The van der Waals surface area contributed by atoms with Gasteiger partial charge >= 0.3 is 5.69 Å². The van der Waals surface area contributed by atoms with E-state index in [9.17, 15) is 14.7 Å². The second-order valence-electron chi connectivity index (χ2n) is 6.28. The second-order valence-corrected chi connectivity index (χ2v) is 6.28. The molecule has 2 rings (SSSR count). The number of nitrogens with one attached hydrogen (secondary N) is 1. The van der Waals surface area contributed by atoms with Gasteiger partial charge in [-0.25, -0.2) is 4.79 Å². The summed E-state index contributed by atoms with van der Waals surface area (Å²) in [5, 5.41) is 12.3. The van der Waals surface area contributed by atoms with Gasteiger partial charge in [0.2, 0.25) is 0 Å². The van der Waals surface area contributed by atoms with Crippen molar-refractivity contribution in [2.45, 2.75) is 39.3 Å². The van der Waals surface area contributed by atoms with E-state index in [2.05, 4.69) is 5.32 Å². The Morgan fingerprint density at radius 1 is 1.38 bits per heavy atom. The summed E-state index contributed by atoms with van der Waals surface area (Å²) in [6, 6.07) is 0. The van der Waals surface area contributed by atoms with E-state index in [1.165, 1.54) is 11.6 Å². The molecule has 7 heteroatoms. The molecule has 118 valence electrons.